The molecule has 1 aromatic rings. The molecule has 0 spiro atoms. The molecule has 1 saturated carbocycles. The summed E-state index contributed by atoms with van der Waals surface area (Å²) in [6.45, 7) is 3.55. The Morgan fingerprint density at radius 3 is 2.79 bits per heavy atom. The van der Waals surface area contributed by atoms with Gasteiger partial charge in [-0.2, -0.15) is 5.10 Å². The van der Waals surface area contributed by atoms with Crippen molar-refractivity contribution in [2.24, 2.45) is 5.73 Å². The largest absolute Gasteiger partial charge is 0.368 e. The summed E-state index contributed by atoms with van der Waals surface area (Å²) in [6, 6.07) is 1.97. The third kappa shape index (κ3) is 1.41. The molecule has 2 rings (SSSR count). The number of primary amides is 1. The molecule has 1 fully saturated rings. The highest BCUT2D eigenvalue weighted by molar-refractivity contribution is 5.81. The van der Waals surface area contributed by atoms with Crippen molar-refractivity contribution in [2.75, 3.05) is 0 Å². The number of hydrogen-bond acceptors (Lipinski definition) is 2. The minimum atomic E-state index is -0.729. The maximum atomic E-state index is 11.2. The molecule has 1 amide bonds. The van der Waals surface area contributed by atoms with Crippen LogP contribution in [-0.4, -0.2) is 15.7 Å². The summed E-state index contributed by atoms with van der Waals surface area (Å²) < 4.78 is 1.66. The molecule has 14 heavy (non-hydrogen) atoms. The first kappa shape index (κ1) is 9.24. The van der Waals surface area contributed by atoms with Gasteiger partial charge in [-0.05, 0) is 32.8 Å². The average Bonchev–Trinajstić information content (AvgIpc) is 2.83. The first-order valence-electron chi connectivity index (χ1n) is 4.88. The van der Waals surface area contributed by atoms with Crippen LogP contribution in [0.2, 0.25) is 0 Å². The van der Waals surface area contributed by atoms with Crippen LogP contribution in [0.5, 0.6) is 0 Å². The second kappa shape index (κ2) is 2.83. The standard InChI is InChI=1S/C10H15N3O/c1-10(2,9(11)14)13-6-5-8(12-13)7-3-4-7/h5-7H,3-4H2,1-2H3,(H2,11,14). The molecule has 1 aliphatic carbocycles. The van der Waals surface area contributed by atoms with Crippen LogP contribution in [0.25, 0.3) is 0 Å². The van der Waals surface area contributed by atoms with Gasteiger partial charge < -0.3 is 5.73 Å². The van der Waals surface area contributed by atoms with E-state index >= 15 is 0 Å². The Balaban J connectivity index is 2.27. The van der Waals surface area contributed by atoms with Gasteiger partial charge in [-0.1, -0.05) is 0 Å². The fourth-order valence-corrected chi connectivity index (χ4v) is 1.36. The highest BCUT2D eigenvalue weighted by Gasteiger charge is 2.31. The van der Waals surface area contributed by atoms with Crippen LogP contribution in [0.1, 0.15) is 38.3 Å². The Kier molecular flexibility index (Phi) is 1.87. The van der Waals surface area contributed by atoms with E-state index in [1.807, 2.05) is 12.3 Å². The second-order valence-electron chi connectivity index (χ2n) is 4.38. The molecule has 1 heterocycles. The van der Waals surface area contributed by atoms with Gasteiger partial charge in [-0.3, -0.25) is 9.48 Å². The molecular formula is C10H15N3O. The van der Waals surface area contributed by atoms with E-state index in [-0.39, 0.29) is 5.91 Å². The SMILES string of the molecule is CC(C)(C(N)=O)n1ccc(C2CC2)n1. The van der Waals surface area contributed by atoms with Gasteiger partial charge in [0.1, 0.15) is 5.54 Å². The molecule has 0 aromatic carbocycles. The van der Waals surface area contributed by atoms with Crippen molar-refractivity contribution in [3.05, 3.63) is 18.0 Å². The molecule has 76 valence electrons. The lowest BCUT2D eigenvalue weighted by Gasteiger charge is -2.20. The maximum absolute atomic E-state index is 11.2. The van der Waals surface area contributed by atoms with E-state index in [2.05, 4.69) is 5.10 Å². The number of nitrogens with two attached hydrogens (primary N) is 1. The molecule has 1 aromatic heterocycles. The van der Waals surface area contributed by atoms with Crippen molar-refractivity contribution in [3.63, 3.8) is 0 Å². The minimum Gasteiger partial charge on any atom is -0.368 e. The zero-order valence-corrected chi connectivity index (χ0v) is 8.53. The molecule has 0 bridgehead atoms. The summed E-state index contributed by atoms with van der Waals surface area (Å²) in [7, 11) is 0. The van der Waals surface area contributed by atoms with Crippen molar-refractivity contribution in [1.82, 2.24) is 9.78 Å². The Labute approximate surface area is 83.1 Å². The molecule has 1 aliphatic rings. The molecule has 0 aliphatic heterocycles. The molecule has 0 unspecified atom stereocenters. The average molecular weight is 193 g/mol. The summed E-state index contributed by atoms with van der Waals surface area (Å²) in [5.41, 5.74) is 5.66. The van der Waals surface area contributed by atoms with Crippen LogP contribution in [0, 0.1) is 0 Å². The van der Waals surface area contributed by atoms with Crippen LogP contribution < -0.4 is 5.73 Å². The van der Waals surface area contributed by atoms with Crippen LogP contribution in [0.3, 0.4) is 0 Å². The molecule has 4 nitrogen and oxygen atoms in total. The van der Waals surface area contributed by atoms with E-state index in [1.54, 1.807) is 18.5 Å². The fraction of sp³-hybridized carbons (Fsp3) is 0.600. The Hall–Kier alpha value is -1.32. The van der Waals surface area contributed by atoms with Crippen molar-refractivity contribution in [2.45, 2.75) is 38.1 Å². The normalized spacial score (nSPS) is 17.0. The first-order valence-corrected chi connectivity index (χ1v) is 4.88. The van der Waals surface area contributed by atoms with Crippen LogP contribution in [0.15, 0.2) is 12.3 Å². The maximum Gasteiger partial charge on any atom is 0.244 e. The Morgan fingerprint density at radius 1 is 1.64 bits per heavy atom. The lowest BCUT2D eigenvalue weighted by molar-refractivity contribution is -0.125. The van der Waals surface area contributed by atoms with Crippen molar-refractivity contribution in [3.8, 4) is 0 Å². The smallest absolute Gasteiger partial charge is 0.244 e. The van der Waals surface area contributed by atoms with E-state index in [0.29, 0.717) is 5.92 Å². The summed E-state index contributed by atoms with van der Waals surface area (Å²) in [6.07, 6.45) is 4.26. The van der Waals surface area contributed by atoms with E-state index < -0.39 is 5.54 Å². The van der Waals surface area contributed by atoms with E-state index in [1.165, 1.54) is 12.8 Å². The third-order valence-electron chi connectivity index (χ3n) is 2.78. The predicted molar refractivity (Wildman–Crippen MR) is 52.7 cm³/mol. The fourth-order valence-electron chi connectivity index (χ4n) is 1.36. The van der Waals surface area contributed by atoms with Gasteiger partial charge in [0.15, 0.2) is 0 Å². The summed E-state index contributed by atoms with van der Waals surface area (Å²) in [5.74, 6) is 0.253. The van der Waals surface area contributed by atoms with E-state index in [9.17, 15) is 4.79 Å². The molecule has 2 N–H and O–H groups in total. The van der Waals surface area contributed by atoms with Gasteiger partial charge in [0, 0.05) is 12.1 Å². The van der Waals surface area contributed by atoms with Crippen molar-refractivity contribution in [1.29, 1.82) is 0 Å². The number of rotatable bonds is 3. The van der Waals surface area contributed by atoms with E-state index in [0.717, 1.165) is 5.69 Å². The monoisotopic (exact) mass is 193 g/mol. The quantitative estimate of drug-likeness (QED) is 0.777. The highest BCUT2D eigenvalue weighted by Crippen LogP contribution is 2.39. The summed E-state index contributed by atoms with van der Waals surface area (Å²) >= 11 is 0. The third-order valence-corrected chi connectivity index (χ3v) is 2.78. The molecule has 4 heteroatoms. The topological polar surface area (TPSA) is 60.9 Å². The van der Waals surface area contributed by atoms with Gasteiger partial charge in [0.05, 0.1) is 5.69 Å². The predicted octanol–water partition coefficient (Wildman–Crippen LogP) is 0.981. The lowest BCUT2D eigenvalue weighted by atomic mass is 10.1. The van der Waals surface area contributed by atoms with Gasteiger partial charge in [-0.25, -0.2) is 0 Å². The van der Waals surface area contributed by atoms with Gasteiger partial charge in [0.2, 0.25) is 5.91 Å². The van der Waals surface area contributed by atoms with Crippen LogP contribution >= 0.6 is 0 Å². The van der Waals surface area contributed by atoms with Gasteiger partial charge in [-0.15, -0.1) is 0 Å². The van der Waals surface area contributed by atoms with Crippen molar-refractivity contribution < 1.29 is 4.79 Å². The zero-order chi connectivity index (χ0) is 10.3. The minimum absolute atomic E-state index is 0.358. The van der Waals surface area contributed by atoms with Crippen molar-refractivity contribution >= 4 is 5.91 Å². The molecule has 0 radical (unpaired) electrons. The van der Waals surface area contributed by atoms with Gasteiger partial charge in [0.25, 0.3) is 0 Å². The number of aromatic nitrogens is 2. The molecule has 0 saturated heterocycles. The summed E-state index contributed by atoms with van der Waals surface area (Å²) in [4.78, 5) is 11.2. The van der Waals surface area contributed by atoms with Gasteiger partial charge >= 0.3 is 0 Å². The molecule has 0 atom stereocenters. The first-order chi connectivity index (χ1) is 6.51. The number of amides is 1. The molecular weight excluding hydrogens is 178 g/mol. The zero-order valence-electron chi connectivity index (χ0n) is 8.53. The highest BCUT2D eigenvalue weighted by atomic mass is 16.1. The Bertz CT molecular complexity index is 363. The van der Waals surface area contributed by atoms with E-state index in [4.69, 9.17) is 5.73 Å². The number of hydrogen-bond donors (Lipinski definition) is 1. The van der Waals surface area contributed by atoms with Crippen LogP contribution in [0.4, 0.5) is 0 Å². The number of nitrogens with zero attached hydrogens (tertiary/aromatic N) is 2. The summed E-state index contributed by atoms with van der Waals surface area (Å²) in [5, 5.41) is 4.38. The second-order valence-corrected chi connectivity index (χ2v) is 4.38. The number of carbonyl (C=O) groups excluding carboxylic acids is 1. The lowest BCUT2D eigenvalue weighted by Crippen LogP contribution is -2.41. The Morgan fingerprint density at radius 2 is 2.29 bits per heavy atom. The number of carbonyl (C=O) groups is 1. The van der Waals surface area contributed by atoms with Crippen LogP contribution in [-0.2, 0) is 10.3 Å².